The molecule has 1 amide bonds. The van der Waals surface area contributed by atoms with Gasteiger partial charge in [-0.15, -0.1) is 0 Å². The third-order valence-corrected chi connectivity index (χ3v) is 0.417. The highest BCUT2D eigenvalue weighted by atomic mass is 19.3. The van der Waals surface area contributed by atoms with Crippen LogP contribution in [0.15, 0.2) is 0 Å². The highest BCUT2D eigenvalue weighted by Crippen LogP contribution is 2.14. The largest absolute Gasteiger partial charge is 0.468 e. The fourth-order valence-corrected chi connectivity index (χ4v) is 0.191. The van der Waals surface area contributed by atoms with Crippen molar-refractivity contribution in [2.45, 2.75) is 13.0 Å². The number of amides is 1. The van der Waals surface area contributed by atoms with Crippen LogP contribution < -0.4 is 0 Å². The number of hydroxylamine groups is 1. The molecule has 0 heterocycles. The van der Waals surface area contributed by atoms with Crippen LogP contribution in [0.3, 0.4) is 0 Å². The topological polar surface area (TPSA) is 49.8 Å². The molecule has 0 radical (unpaired) electrons. The molecule has 0 saturated carbocycles. The molecule has 7 heteroatoms. The van der Waals surface area contributed by atoms with E-state index >= 15 is 0 Å². The second-order valence-electron chi connectivity index (χ2n) is 1.44. The van der Waals surface area contributed by atoms with E-state index in [-0.39, 0.29) is 6.92 Å². The van der Waals surface area contributed by atoms with Crippen molar-refractivity contribution >= 4 is 6.09 Å². The van der Waals surface area contributed by atoms with E-state index in [0.29, 0.717) is 0 Å². The molecule has 0 rings (SSSR count). The molecule has 0 aliphatic carbocycles. The molecular formula is C3H4F3NO3. The van der Waals surface area contributed by atoms with Gasteiger partial charge in [0.25, 0.3) is 0 Å². The molecule has 1 N–H and O–H groups in total. The van der Waals surface area contributed by atoms with E-state index in [4.69, 9.17) is 5.21 Å². The predicted molar refractivity (Wildman–Crippen MR) is 21.8 cm³/mol. The summed E-state index contributed by atoms with van der Waals surface area (Å²) in [6.45, 7) is 0.231. The maximum atomic E-state index is 11.6. The average Bonchev–Trinajstić information content (AvgIpc) is 1.60. The van der Waals surface area contributed by atoms with E-state index in [2.05, 4.69) is 4.74 Å². The molecule has 0 aromatic heterocycles. The maximum Gasteiger partial charge on any atom is 0.468 e. The second kappa shape index (κ2) is 2.74. The molecule has 0 aliphatic heterocycles. The first-order chi connectivity index (χ1) is 4.33. The Labute approximate surface area is 53.7 Å². The normalized spacial score (nSPS) is 10.9. The highest BCUT2D eigenvalue weighted by Gasteiger charge is 2.29. The molecular weight excluding hydrogens is 155 g/mol. The molecule has 0 fully saturated rings. The van der Waals surface area contributed by atoms with Gasteiger partial charge in [0, 0.05) is 6.92 Å². The summed E-state index contributed by atoms with van der Waals surface area (Å²) in [5.74, 6) is 0. The van der Waals surface area contributed by atoms with Gasteiger partial charge in [-0.25, -0.2) is 4.79 Å². The van der Waals surface area contributed by atoms with Crippen molar-refractivity contribution < 1.29 is 28.0 Å². The maximum absolute atomic E-state index is 11.6. The van der Waals surface area contributed by atoms with Crippen LogP contribution in [-0.4, -0.2) is 22.7 Å². The lowest BCUT2D eigenvalue weighted by atomic mass is 10.7. The number of alkyl halides is 2. The van der Waals surface area contributed by atoms with Crippen LogP contribution in [0.4, 0.5) is 18.1 Å². The number of nitrogens with zero attached hydrogens (tertiary/aromatic N) is 1. The first-order valence-electron chi connectivity index (χ1n) is 2.08. The average molecular weight is 159 g/mol. The van der Waals surface area contributed by atoms with E-state index in [0.717, 1.165) is 0 Å². The zero-order valence-electron chi connectivity index (χ0n) is 4.84. The fraction of sp³-hybridized carbons (Fsp3) is 0.667. The van der Waals surface area contributed by atoms with Crippen LogP contribution in [-0.2, 0) is 4.74 Å². The van der Waals surface area contributed by atoms with Gasteiger partial charge in [-0.1, -0.05) is 4.48 Å². The smallest absolute Gasteiger partial charge is 0.381 e. The summed E-state index contributed by atoms with van der Waals surface area (Å²) in [6.07, 6.45) is -5.95. The SMILES string of the molecule is CC(F)(F)OC(=O)N(O)F. The van der Waals surface area contributed by atoms with E-state index in [1.807, 2.05) is 0 Å². The Hall–Kier alpha value is -0.980. The van der Waals surface area contributed by atoms with Crippen molar-refractivity contribution in [3.63, 3.8) is 0 Å². The van der Waals surface area contributed by atoms with Gasteiger partial charge in [-0.05, 0) is 5.29 Å². The van der Waals surface area contributed by atoms with Crippen molar-refractivity contribution in [2.24, 2.45) is 0 Å². The number of halogens is 3. The molecule has 60 valence electrons. The number of carbonyl (C=O) groups excluding carboxylic acids is 1. The third-order valence-electron chi connectivity index (χ3n) is 0.417. The molecule has 0 bridgehead atoms. The molecule has 0 atom stereocenters. The summed E-state index contributed by atoms with van der Waals surface area (Å²) >= 11 is 0. The first kappa shape index (κ1) is 9.02. The summed E-state index contributed by atoms with van der Waals surface area (Å²) in [7, 11) is 0. The zero-order valence-corrected chi connectivity index (χ0v) is 4.84. The summed E-state index contributed by atoms with van der Waals surface area (Å²) in [5.41, 5.74) is 0. The van der Waals surface area contributed by atoms with Crippen molar-refractivity contribution in [1.29, 1.82) is 0 Å². The van der Waals surface area contributed by atoms with Gasteiger partial charge in [0.05, 0.1) is 0 Å². The van der Waals surface area contributed by atoms with Gasteiger partial charge >= 0.3 is 12.2 Å². The van der Waals surface area contributed by atoms with Gasteiger partial charge in [-0.2, -0.15) is 8.78 Å². The zero-order chi connectivity index (χ0) is 8.36. The number of carbonyl (C=O) groups is 1. The predicted octanol–water partition coefficient (Wildman–Crippen LogP) is 1.31. The standard InChI is InChI=1S/C3H4F3NO3/c1-3(4,5)10-2(8)7(6)9/h9H,1H3. The van der Waals surface area contributed by atoms with Crippen LogP contribution >= 0.6 is 0 Å². The minimum absolute atomic E-state index is 0.231. The van der Waals surface area contributed by atoms with Gasteiger partial charge in [0.15, 0.2) is 0 Å². The molecule has 0 spiro atoms. The molecule has 0 aliphatic rings. The minimum atomic E-state index is -3.79. The Morgan fingerprint density at radius 1 is 1.70 bits per heavy atom. The van der Waals surface area contributed by atoms with Crippen molar-refractivity contribution in [3.05, 3.63) is 0 Å². The van der Waals surface area contributed by atoms with Crippen LogP contribution in [0.25, 0.3) is 0 Å². The summed E-state index contributed by atoms with van der Waals surface area (Å²) in [6, 6.07) is 0. The number of hydrogen-bond donors (Lipinski definition) is 1. The van der Waals surface area contributed by atoms with Gasteiger partial charge in [0.1, 0.15) is 0 Å². The minimum Gasteiger partial charge on any atom is -0.381 e. The molecule has 0 aromatic carbocycles. The van der Waals surface area contributed by atoms with E-state index in [9.17, 15) is 18.1 Å². The number of rotatable bonds is 1. The Balaban J connectivity index is 3.81. The summed E-state index contributed by atoms with van der Waals surface area (Å²) in [4.78, 5) is 9.76. The Morgan fingerprint density at radius 3 is 2.20 bits per heavy atom. The molecule has 0 unspecified atom stereocenters. The monoisotopic (exact) mass is 159 g/mol. The lowest BCUT2D eigenvalue weighted by Gasteiger charge is -2.10. The third kappa shape index (κ3) is 3.96. The van der Waals surface area contributed by atoms with Crippen LogP contribution in [0.1, 0.15) is 6.92 Å². The lowest BCUT2D eigenvalue weighted by Crippen LogP contribution is -2.28. The van der Waals surface area contributed by atoms with Gasteiger partial charge in [0.2, 0.25) is 0 Å². The Morgan fingerprint density at radius 2 is 2.10 bits per heavy atom. The Kier molecular flexibility index (Phi) is 2.47. The van der Waals surface area contributed by atoms with Crippen molar-refractivity contribution in [1.82, 2.24) is 5.29 Å². The summed E-state index contributed by atoms with van der Waals surface area (Å²) in [5, 5.41) is 5.97. The van der Waals surface area contributed by atoms with Gasteiger partial charge < -0.3 is 4.74 Å². The Bertz CT molecular complexity index is 131. The van der Waals surface area contributed by atoms with Gasteiger partial charge in [-0.3, -0.25) is 5.21 Å². The molecule has 0 aromatic rings. The first-order valence-corrected chi connectivity index (χ1v) is 2.08. The molecule has 0 saturated heterocycles. The highest BCUT2D eigenvalue weighted by molar-refractivity contribution is 5.64. The van der Waals surface area contributed by atoms with Crippen LogP contribution in [0.5, 0.6) is 0 Å². The quantitative estimate of drug-likeness (QED) is 0.356. The molecule has 4 nitrogen and oxygen atoms in total. The van der Waals surface area contributed by atoms with Crippen LogP contribution in [0, 0.1) is 0 Å². The van der Waals surface area contributed by atoms with E-state index in [1.54, 1.807) is 0 Å². The second-order valence-corrected chi connectivity index (χ2v) is 1.44. The van der Waals surface area contributed by atoms with Crippen LogP contribution in [0.2, 0.25) is 0 Å². The number of ether oxygens (including phenoxy) is 1. The molecule has 10 heavy (non-hydrogen) atoms. The lowest BCUT2D eigenvalue weighted by molar-refractivity contribution is -0.251. The van der Waals surface area contributed by atoms with Crippen molar-refractivity contribution in [2.75, 3.05) is 0 Å². The number of hydrogen-bond acceptors (Lipinski definition) is 3. The van der Waals surface area contributed by atoms with Crippen molar-refractivity contribution in [3.8, 4) is 0 Å². The summed E-state index contributed by atoms with van der Waals surface area (Å²) < 4.78 is 37.4. The fourth-order valence-electron chi connectivity index (χ4n) is 0.191. The van der Waals surface area contributed by atoms with E-state index in [1.165, 1.54) is 0 Å². The van der Waals surface area contributed by atoms with E-state index < -0.39 is 17.5 Å².